The quantitative estimate of drug-likeness (QED) is 0.0252. The number of nitrogens with zero attached hydrogens (tertiary/aromatic N) is 8. The van der Waals surface area contributed by atoms with Crippen LogP contribution < -0.4 is 10.2 Å². The Hall–Kier alpha value is 0.915. The zero-order valence-corrected chi connectivity index (χ0v) is 54.4. The number of aliphatic hydroxyl groups is 22. The molecular weight excluding hydrogens is 1190 g/mol. The van der Waals surface area contributed by atoms with Crippen molar-refractivity contribution in [2.24, 2.45) is 0 Å². The summed E-state index contributed by atoms with van der Waals surface area (Å²) in [5.41, 5.74) is 0. The van der Waals surface area contributed by atoms with Crippen LogP contribution in [0.2, 0.25) is 0 Å². The first-order valence-corrected chi connectivity index (χ1v) is 27.1. The minimum absolute atomic E-state index is 0. The van der Waals surface area contributed by atoms with Gasteiger partial charge in [-0.25, -0.2) is 0 Å². The first kappa shape index (κ1) is 109. The van der Waals surface area contributed by atoms with E-state index in [1.54, 1.807) is 39.2 Å². The Labute approximate surface area is 540 Å². The fourth-order valence-corrected chi connectivity index (χ4v) is 6.05. The summed E-state index contributed by atoms with van der Waals surface area (Å²) in [6.07, 6.45) is 0. The maximum atomic E-state index is 10.1. The van der Waals surface area contributed by atoms with Gasteiger partial charge < -0.3 is 132 Å². The standard InChI is InChI=1S/6C6H15NO3.2C6H14NO3.Mg.2Ti/c8*8-4-1-7(2-5-9)3-6-10;;;/h6*8-10H,1-6H2;2*8-9H,1-6H2;;;/q;;;;;;2*-1;+2;;. The smallest absolute Gasteiger partial charge is 0.854 e. The predicted octanol–water partition coefficient (Wildman–Crippen LogP) is -15.5. The Bertz CT molecular complexity index is 683. The number of hydrogen-bond donors (Lipinski definition) is 22. The molecule has 35 heteroatoms. The van der Waals surface area contributed by atoms with E-state index >= 15 is 0 Å². The van der Waals surface area contributed by atoms with Crippen molar-refractivity contribution in [3.05, 3.63) is 0 Å². The van der Waals surface area contributed by atoms with E-state index in [1.807, 2.05) is 0 Å². The van der Waals surface area contributed by atoms with Gasteiger partial charge in [-0.2, -0.15) is 0 Å². The van der Waals surface area contributed by atoms with Crippen molar-refractivity contribution in [3.8, 4) is 0 Å². The van der Waals surface area contributed by atoms with Gasteiger partial charge in [-0.05, 0) is 13.1 Å². The van der Waals surface area contributed by atoms with Gasteiger partial charge in [-0.1, -0.05) is 0 Å². The third kappa shape index (κ3) is 102. The molecule has 0 radical (unpaired) electrons. The summed E-state index contributed by atoms with van der Waals surface area (Å²) < 4.78 is 0. The fourth-order valence-electron chi connectivity index (χ4n) is 6.05. The van der Waals surface area contributed by atoms with Gasteiger partial charge in [0.25, 0.3) is 0 Å². The van der Waals surface area contributed by atoms with Crippen LogP contribution in [0.4, 0.5) is 0 Å². The normalized spacial score (nSPS) is 10.4. The van der Waals surface area contributed by atoms with E-state index in [9.17, 15) is 10.2 Å². The zero-order chi connectivity index (χ0) is 62.6. The molecule has 0 unspecified atom stereocenters. The van der Waals surface area contributed by atoms with E-state index in [1.165, 1.54) is 0 Å². The molecule has 0 saturated carbocycles. The van der Waals surface area contributed by atoms with E-state index in [2.05, 4.69) is 0 Å². The molecule has 32 nitrogen and oxygen atoms in total. The van der Waals surface area contributed by atoms with Crippen molar-refractivity contribution < 1.29 is 166 Å². The van der Waals surface area contributed by atoms with Gasteiger partial charge in [0.1, 0.15) is 0 Å². The number of hydrogen-bond acceptors (Lipinski definition) is 32. The van der Waals surface area contributed by atoms with E-state index in [4.69, 9.17) is 112 Å². The second-order valence-electron chi connectivity index (χ2n) is 16.1. The first-order valence-electron chi connectivity index (χ1n) is 27.1. The van der Waals surface area contributed by atoms with Crippen LogP contribution in [0.5, 0.6) is 0 Å². The number of aliphatic hydroxyl groups excluding tert-OH is 22. The zero-order valence-electron chi connectivity index (χ0n) is 49.9. The maximum Gasteiger partial charge on any atom is 2.00 e. The monoisotopic (exact) mass is 1310 g/mol. The van der Waals surface area contributed by atoms with Crippen molar-refractivity contribution in [1.82, 2.24) is 39.2 Å². The Kier molecular flexibility index (Phi) is 137. The van der Waals surface area contributed by atoms with E-state index < -0.39 is 0 Å². The second-order valence-corrected chi connectivity index (χ2v) is 16.1. The fraction of sp³-hybridized carbons (Fsp3) is 1.00. The molecule has 0 aliphatic rings. The van der Waals surface area contributed by atoms with Gasteiger partial charge >= 0.3 is 23.1 Å². The molecule has 0 aromatic carbocycles. The molecule has 0 bridgehead atoms. The summed E-state index contributed by atoms with van der Waals surface area (Å²) in [6.45, 7) is 13.0. The first-order chi connectivity index (χ1) is 38.8. The van der Waals surface area contributed by atoms with Crippen molar-refractivity contribution in [1.29, 1.82) is 0 Å². The topological polar surface area (TPSA) is 517 Å². The molecule has 0 aliphatic heterocycles. The summed E-state index contributed by atoms with van der Waals surface area (Å²) in [6, 6.07) is 0. The Morgan fingerprint density at radius 3 is 0.253 bits per heavy atom. The van der Waals surface area contributed by atoms with Crippen LogP contribution in [0, 0.1) is 0 Å². The second kappa shape index (κ2) is 105. The average molecular weight is 1310 g/mol. The molecule has 504 valence electrons. The van der Waals surface area contributed by atoms with Gasteiger partial charge in [0.05, 0.1) is 145 Å². The van der Waals surface area contributed by atoms with Gasteiger partial charge in [0.2, 0.25) is 0 Å². The van der Waals surface area contributed by atoms with Crippen LogP contribution in [-0.4, -0.2) is 490 Å². The number of rotatable bonds is 48. The van der Waals surface area contributed by atoms with Crippen LogP contribution in [0.25, 0.3) is 0 Å². The average Bonchev–Trinajstić information content (AvgIpc) is 3.42. The maximum absolute atomic E-state index is 10.1. The van der Waals surface area contributed by atoms with Gasteiger partial charge in [0.15, 0.2) is 0 Å². The Morgan fingerprint density at radius 2 is 0.205 bits per heavy atom. The third-order valence-electron chi connectivity index (χ3n) is 9.97. The van der Waals surface area contributed by atoms with Crippen LogP contribution >= 0.6 is 0 Å². The van der Waals surface area contributed by atoms with Crippen LogP contribution in [0.1, 0.15) is 0 Å². The van der Waals surface area contributed by atoms with E-state index in [0.29, 0.717) is 157 Å². The molecule has 22 N–H and O–H groups in total. The SMILES string of the molecule is OCCN(CCO)CCO.OCCN(CCO)CCO.OCCN(CCO)CCO.OCCN(CCO)CCO.OCCN(CCO)CCO.OCCN(CCO)CCO.[Mg+2].[O-]CCN(CCO)CCO.[O-]CCN(CCO)CCO.[Ti].[Ti]. The molecule has 0 saturated heterocycles. The molecule has 0 amide bonds. The summed E-state index contributed by atoms with van der Waals surface area (Å²) in [5.74, 6) is 0. The Balaban J connectivity index is -0.0000000789. The van der Waals surface area contributed by atoms with Crippen molar-refractivity contribution in [2.45, 2.75) is 0 Å². The molecule has 0 spiro atoms. The summed E-state index contributed by atoms with van der Waals surface area (Å²) >= 11 is 0. The largest absolute Gasteiger partial charge is 2.00 e. The van der Waals surface area contributed by atoms with Crippen molar-refractivity contribution in [2.75, 3.05) is 316 Å². The van der Waals surface area contributed by atoms with Crippen LogP contribution in [-0.2, 0) is 43.4 Å². The van der Waals surface area contributed by atoms with Crippen LogP contribution in [0.3, 0.4) is 0 Å². The van der Waals surface area contributed by atoms with Crippen molar-refractivity contribution in [3.63, 3.8) is 0 Å². The molecule has 0 aromatic heterocycles. The minimum atomic E-state index is -0.181. The molecule has 83 heavy (non-hydrogen) atoms. The van der Waals surface area contributed by atoms with E-state index in [0.717, 1.165) is 0 Å². The third-order valence-corrected chi connectivity index (χ3v) is 9.97. The van der Waals surface area contributed by atoms with Crippen LogP contribution in [0.15, 0.2) is 0 Å². The molecule has 0 heterocycles. The molecule has 0 aliphatic carbocycles. The van der Waals surface area contributed by atoms with Gasteiger partial charge in [0, 0.05) is 187 Å². The van der Waals surface area contributed by atoms with Gasteiger partial charge in [-0.15, -0.1) is 13.2 Å². The van der Waals surface area contributed by atoms with E-state index in [-0.39, 0.29) is 225 Å². The molecule has 0 fully saturated rings. The molecule has 0 atom stereocenters. The summed E-state index contributed by atoms with van der Waals surface area (Å²) in [4.78, 5) is 14.2. The minimum Gasteiger partial charge on any atom is -0.854 e. The summed E-state index contributed by atoms with van der Waals surface area (Å²) in [7, 11) is 0. The van der Waals surface area contributed by atoms with Gasteiger partial charge in [-0.3, -0.25) is 29.4 Å². The molecular formula is C48H118MgN8O24Ti2. The predicted molar refractivity (Wildman–Crippen MR) is 303 cm³/mol. The Morgan fingerprint density at radius 1 is 0.145 bits per heavy atom. The molecule has 0 rings (SSSR count). The summed E-state index contributed by atoms with van der Waals surface area (Å²) in [5, 5.41) is 207. The van der Waals surface area contributed by atoms with Crippen molar-refractivity contribution >= 4 is 23.1 Å². The molecule has 0 aromatic rings.